The minimum Gasteiger partial charge on any atom is -0.497 e. The van der Waals surface area contributed by atoms with Crippen molar-refractivity contribution in [3.63, 3.8) is 0 Å². The number of rotatable bonds is 6. The molecule has 0 aliphatic carbocycles. The zero-order valence-corrected chi connectivity index (χ0v) is 19.1. The van der Waals surface area contributed by atoms with Crippen LogP contribution in [0.4, 0.5) is 10.8 Å². The number of methoxy groups -OCH3 is 1. The molecule has 0 N–H and O–H groups in total. The Morgan fingerprint density at radius 2 is 1.79 bits per heavy atom. The maximum Gasteiger partial charge on any atom is 0.328 e. The number of benzene rings is 3. The van der Waals surface area contributed by atoms with Gasteiger partial charge in [-0.2, -0.15) is 0 Å². The number of hydrogen-bond acceptors (Lipinski definition) is 5. The Hall–Kier alpha value is -3.91. The number of aromatic nitrogens is 3. The zero-order chi connectivity index (χ0) is 22.9. The summed E-state index contributed by atoms with van der Waals surface area (Å²) in [6.45, 7) is 0.268. The summed E-state index contributed by atoms with van der Waals surface area (Å²) in [4.78, 5) is 32.7. The van der Waals surface area contributed by atoms with Crippen LogP contribution < -0.4 is 15.3 Å². The number of para-hydroxylation sites is 3. The third-order valence-corrected chi connectivity index (χ3v) is 6.66. The van der Waals surface area contributed by atoms with E-state index in [0.717, 1.165) is 21.3 Å². The molecule has 0 aliphatic rings. The summed E-state index contributed by atoms with van der Waals surface area (Å²) >= 11 is 1.45. The number of anilines is 2. The molecule has 1 amide bonds. The highest BCUT2D eigenvalue weighted by molar-refractivity contribution is 7.22. The monoisotopic (exact) mass is 458 g/mol. The Kier molecular flexibility index (Phi) is 5.43. The summed E-state index contributed by atoms with van der Waals surface area (Å²) in [5.41, 5.74) is 3.01. The Labute approximate surface area is 194 Å². The summed E-state index contributed by atoms with van der Waals surface area (Å²) in [7, 11) is 3.34. The fourth-order valence-corrected chi connectivity index (χ4v) is 4.97. The molecule has 0 atom stereocenters. The summed E-state index contributed by atoms with van der Waals surface area (Å²) in [6, 6.07) is 22.7. The maximum absolute atomic E-state index is 13.6. The minimum absolute atomic E-state index is 0.140. The number of thiazole rings is 1. The minimum atomic E-state index is -0.151. The van der Waals surface area contributed by atoms with E-state index in [1.54, 1.807) is 28.2 Å². The topological polar surface area (TPSA) is 69.4 Å². The summed E-state index contributed by atoms with van der Waals surface area (Å²) in [5.74, 6) is 0.499. The second kappa shape index (κ2) is 8.55. The van der Waals surface area contributed by atoms with Gasteiger partial charge >= 0.3 is 5.69 Å². The summed E-state index contributed by atoms with van der Waals surface area (Å²) < 4.78 is 9.62. The Morgan fingerprint density at radius 3 is 2.58 bits per heavy atom. The van der Waals surface area contributed by atoms with Crippen LogP contribution >= 0.6 is 11.3 Å². The van der Waals surface area contributed by atoms with E-state index in [-0.39, 0.29) is 24.6 Å². The van der Waals surface area contributed by atoms with Crippen LogP contribution in [0, 0.1) is 0 Å². The van der Waals surface area contributed by atoms with Crippen LogP contribution in [0.25, 0.3) is 21.3 Å². The largest absolute Gasteiger partial charge is 0.497 e. The molecule has 2 aromatic heterocycles. The van der Waals surface area contributed by atoms with Crippen LogP contribution in [0.5, 0.6) is 5.75 Å². The zero-order valence-electron chi connectivity index (χ0n) is 18.3. The van der Waals surface area contributed by atoms with Gasteiger partial charge in [0.1, 0.15) is 5.75 Å². The maximum atomic E-state index is 13.6. The highest BCUT2D eigenvalue weighted by Crippen LogP contribution is 2.35. The van der Waals surface area contributed by atoms with Crippen molar-refractivity contribution < 1.29 is 9.53 Å². The predicted molar refractivity (Wildman–Crippen MR) is 132 cm³/mol. The number of hydrogen-bond donors (Lipinski definition) is 0. The van der Waals surface area contributed by atoms with E-state index < -0.39 is 0 Å². The van der Waals surface area contributed by atoms with Gasteiger partial charge in [0.25, 0.3) is 0 Å². The van der Waals surface area contributed by atoms with Crippen molar-refractivity contribution in [2.45, 2.75) is 13.0 Å². The molecule has 0 spiro atoms. The lowest BCUT2D eigenvalue weighted by Crippen LogP contribution is -2.29. The molecule has 0 unspecified atom stereocenters. The molecular formula is C25H22N4O3S. The highest BCUT2D eigenvalue weighted by Gasteiger charge is 2.23. The van der Waals surface area contributed by atoms with E-state index in [4.69, 9.17) is 9.72 Å². The standard InChI is InChI=1S/C25H22N4O3S/c1-27-20-11-4-5-12-21(20)28(25(27)31)15-14-23(30)29(17-8-7-9-18(16-17)32-2)24-26-19-10-3-6-13-22(19)33-24/h3-13,16H,14-15H2,1-2H3. The van der Waals surface area contributed by atoms with Gasteiger partial charge in [-0.3, -0.25) is 18.8 Å². The number of imidazole rings is 1. The normalized spacial score (nSPS) is 11.2. The molecule has 0 radical (unpaired) electrons. The quantitative estimate of drug-likeness (QED) is 0.369. The molecule has 8 heteroatoms. The van der Waals surface area contributed by atoms with Crippen LogP contribution in [0.3, 0.4) is 0 Å². The van der Waals surface area contributed by atoms with E-state index in [2.05, 4.69) is 0 Å². The lowest BCUT2D eigenvalue weighted by molar-refractivity contribution is -0.118. The highest BCUT2D eigenvalue weighted by atomic mass is 32.1. The first kappa shape index (κ1) is 21.0. The first-order valence-corrected chi connectivity index (χ1v) is 11.4. The molecule has 2 heterocycles. The Balaban J connectivity index is 1.52. The molecule has 0 saturated heterocycles. The molecule has 0 saturated carbocycles. The van der Waals surface area contributed by atoms with Crippen LogP contribution in [0.2, 0.25) is 0 Å². The molecule has 7 nitrogen and oxygen atoms in total. The molecule has 0 aliphatic heterocycles. The van der Waals surface area contributed by atoms with Crippen molar-refractivity contribution in [2.24, 2.45) is 7.05 Å². The molecule has 166 valence electrons. The van der Waals surface area contributed by atoms with Crippen LogP contribution in [0.1, 0.15) is 6.42 Å². The van der Waals surface area contributed by atoms with Crippen LogP contribution in [0.15, 0.2) is 77.6 Å². The second-order valence-electron chi connectivity index (χ2n) is 7.63. The SMILES string of the molecule is COc1cccc(N(C(=O)CCn2c(=O)n(C)c3ccccc32)c2nc3ccccc3s2)c1. The first-order chi connectivity index (χ1) is 16.1. The molecule has 3 aromatic carbocycles. The van der Waals surface area contributed by atoms with Gasteiger partial charge in [0.15, 0.2) is 5.13 Å². The fraction of sp³-hybridized carbons (Fsp3) is 0.160. The number of ether oxygens (including phenoxy) is 1. The lowest BCUT2D eigenvalue weighted by atomic mass is 10.2. The molecular weight excluding hydrogens is 436 g/mol. The van der Waals surface area contributed by atoms with E-state index in [1.165, 1.54) is 11.3 Å². The Bertz CT molecular complexity index is 1500. The van der Waals surface area contributed by atoms with Crippen molar-refractivity contribution in [3.05, 3.63) is 83.3 Å². The van der Waals surface area contributed by atoms with Crippen LogP contribution in [-0.2, 0) is 18.4 Å². The van der Waals surface area contributed by atoms with Gasteiger partial charge in [-0.1, -0.05) is 41.7 Å². The van der Waals surface area contributed by atoms with Crippen LogP contribution in [-0.4, -0.2) is 27.1 Å². The van der Waals surface area contributed by atoms with E-state index in [9.17, 15) is 9.59 Å². The smallest absolute Gasteiger partial charge is 0.328 e. The van der Waals surface area contributed by atoms with Gasteiger partial charge in [0.2, 0.25) is 5.91 Å². The van der Waals surface area contributed by atoms with Crippen molar-refractivity contribution in [1.82, 2.24) is 14.1 Å². The number of fused-ring (bicyclic) bond motifs is 2. The fourth-order valence-electron chi connectivity index (χ4n) is 3.96. The van der Waals surface area contributed by atoms with Gasteiger partial charge in [-0.25, -0.2) is 9.78 Å². The van der Waals surface area contributed by atoms with Gasteiger partial charge in [-0.15, -0.1) is 0 Å². The van der Waals surface area contributed by atoms with Gasteiger partial charge in [0, 0.05) is 26.1 Å². The molecule has 5 rings (SSSR count). The number of nitrogens with zero attached hydrogens (tertiary/aromatic N) is 4. The molecule has 0 bridgehead atoms. The summed E-state index contributed by atoms with van der Waals surface area (Å²) in [6.07, 6.45) is 0.140. The van der Waals surface area contributed by atoms with E-state index in [0.29, 0.717) is 16.6 Å². The number of amides is 1. The van der Waals surface area contributed by atoms with E-state index >= 15 is 0 Å². The first-order valence-electron chi connectivity index (χ1n) is 10.5. The van der Waals surface area contributed by atoms with Gasteiger partial charge in [-0.05, 0) is 36.4 Å². The average Bonchev–Trinajstić information content (AvgIpc) is 3.37. The van der Waals surface area contributed by atoms with E-state index in [1.807, 2.05) is 72.8 Å². The van der Waals surface area contributed by atoms with Gasteiger partial charge in [0.05, 0.1) is 34.0 Å². The molecule has 5 aromatic rings. The van der Waals surface area contributed by atoms with Crippen molar-refractivity contribution in [2.75, 3.05) is 12.0 Å². The molecule has 0 fully saturated rings. The Morgan fingerprint density at radius 1 is 1.03 bits per heavy atom. The van der Waals surface area contributed by atoms with Crippen molar-refractivity contribution >= 4 is 49.3 Å². The van der Waals surface area contributed by atoms with Gasteiger partial charge < -0.3 is 4.74 Å². The van der Waals surface area contributed by atoms with Crippen molar-refractivity contribution in [3.8, 4) is 5.75 Å². The number of carbonyl (C=O) groups is 1. The average molecular weight is 459 g/mol. The third-order valence-electron chi connectivity index (χ3n) is 5.64. The number of aryl methyl sites for hydroxylation is 2. The second-order valence-corrected chi connectivity index (χ2v) is 8.64. The number of carbonyl (C=O) groups excluding carboxylic acids is 1. The predicted octanol–water partition coefficient (Wildman–Crippen LogP) is 4.71. The van der Waals surface area contributed by atoms with Crippen molar-refractivity contribution in [1.29, 1.82) is 0 Å². The summed E-state index contributed by atoms with van der Waals surface area (Å²) in [5, 5.41) is 0.583. The molecule has 33 heavy (non-hydrogen) atoms. The third kappa shape index (κ3) is 3.78. The lowest BCUT2D eigenvalue weighted by Gasteiger charge is -2.20.